The van der Waals surface area contributed by atoms with Gasteiger partial charge in [0.25, 0.3) is 0 Å². The third-order valence-electron chi connectivity index (χ3n) is 2.18. The second-order valence-electron chi connectivity index (χ2n) is 3.56. The van der Waals surface area contributed by atoms with E-state index in [1.807, 2.05) is 11.8 Å². The lowest BCUT2D eigenvalue weighted by atomic mass is 10.2. The van der Waals surface area contributed by atoms with Gasteiger partial charge in [0.05, 0.1) is 0 Å². The predicted octanol–water partition coefficient (Wildman–Crippen LogP) is -0.329. The summed E-state index contributed by atoms with van der Waals surface area (Å²) in [6.45, 7) is 2.38. The van der Waals surface area contributed by atoms with Crippen molar-refractivity contribution in [3.63, 3.8) is 0 Å². The SMILES string of the molecule is C[C@@H](NC(=O)CC1CSCCN1)C(=O)O. The van der Waals surface area contributed by atoms with Crippen molar-refractivity contribution in [1.29, 1.82) is 0 Å². The smallest absolute Gasteiger partial charge is 0.325 e. The standard InChI is InChI=1S/C9H16N2O3S/c1-6(9(13)14)11-8(12)4-7-5-15-3-2-10-7/h6-7,10H,2-5H2,1H3,(H,11,12)(H,13,14)/t6-,7?/m1/s1. The highest BCUT2D eigenvalue weighted by Gasteiger charge is 2.19. The molecule has 1 rings (SSSR count). The van der Waals surface area contributed by atoms with Crippen LogP contribution < -0.4 is 10.6 Å². The summed E-state index contributed by atoms with van der Waals surface area (Å²) >= 11 is 1.81. The minimum atomic E-state index is -1.01. The van der Waals surface area contributed by atoms with E-state index in [4.69, 9.17) is 5.11 Å². The van der Waals surface area contributed by atoms with Crippen molar-refractivity contribution in [1.82, 2.24) is 10.6 Å². The molecule has 0 spiro atoms. The molecule has 1 amide bonds. The van der Waals surface area contributed by atoms with Gasteiger partial charge in [0.2, 0.25) is 5.91 Å². The third kappa shape index (κ3) is 4.53. The highest BCUT2D eigenvalue weighted by molar-refractivity contribution is 7.99. The fourth-order valence-electron chi connectivity index (χ4n) is 1.34. The summed E-state index contributed by atoms with van der Waals surface area (Å²) < 4.78 is 0. The third-order valence-corrected chi connectivity index (χ3v) is 3.31. The van der Waals surface area contributed by atoms with E-state index < -0.39 is 12.0 Å². The van der Waals surface area contributed by atoms with E-state index in [0.29, 0.717) is 6.42 Å². The van der Waals surface area contributed by atoms with Gasteiger partial charge in [-0.2, -0.15) is 11.8 Å². The molecule has 0 aromatic carbocycles. The zero-order chi connectivity index (χ0) is 11.3. The molecule has 0 radical (unpaired) electrons. The zero-order valence-corrected chi connectivity index (χ0v) is 9.47. The Labute approximate surface area is 93.0 Å². The fraction of sp³-hybridized carbons (Fsp3) is 0.778. The van der Waals surface area contributed by atoms with Crippen LogP contribution in [-0.4, -0.2) is 47.1 Å². The van der Waals surface area contributed by atoms with Crippen molar-refractivity contribution < 1.29 is 14.7 Å². The maximum atomic E-state index is 11.4. The van der Waals surface area contributed by atoms with Crippen molar-refractivity contribution in [3.05, 3.63) is 0 Å². The summed E-state index contributed by atoms with van der Waals surface area (Å²) in [5.41, 5.74) is 0. The highest BCUT2D eigenvalue weighted by Crippen LogP contribution is 2.09. The summed E-state index contributed by atoms with van der Waals surface area (Å²) in [5.74, 6) is 0.776. The molecule has 0 aliphatic carbocycles. The number of nitrogens with one attached hydrogen (secondary N) is 2. The molecule has 6 heteroatoms. The average Bonchev–Trinajstić information content (AvgIpc) is 2.18. The van der Waals surface area contributed by atoms with Crippen LogP contribution in [0.2, 0.25) is 0 Å². The van der Waals surface area contributed by atoms with E-state index in [2.05, 4.69) is 10.6 Å². The number of hydrogen-bond donors (Lipinski definition) is 3. The number of carboxylic acids is 1. The van der Waals surface area contributed by atoms with Gasteiger partial charge in [-0.15, -0.1) is 0 Å². The molecule has 2 atom stereocenters. The molecular formula is C9H16N2O3S. The summed E-state index contributed by atoms with van der Waals surface area (Å²) in [6, 6.07) is -0.640. The summed E-state index contributed by atoms with van der Waals surface area (Å²) in [6.07, 6.45) is 0.352. The van der Waals surface area contributed by atoms with Crippen molar-refractivity contribution >= 4 is 23.6 Å². The maximum Gasteiger partial charge on any atom is 0.325 e. The predicted molar refractivity (Wildman–Crippen MR) is 59.0 cm³/mol. The van der Waals surface area contributed by atoms with Gasteiger partial charge in [-0.1, -0.05) is 0 Å². The van der Waals surface area contributed by atoms with E-state index in [0.717, 1.165) is 18.1 Å². The van der Waals surface area contributed by atoms with Gasteiger partial charge in [-0.25, -0.2) is 0 Å². The number of hydrogen-bond acceptors (Lipinski definition) is 4. The average molecular weight is 232 g/mol. The molecular weight excluding hydrogens is 216 g/mol. The molecule has 1 unspecified atom stereocenters. The Morgan fingerprint density at radius 3 is 2.93 bits per heavy atom. The Hall–Kier alpha value is -0.750. The molecule has 1 aliphatic rings. The lowest BCUT2D eigenvalue weighted by Crippen LogP contribution is -2.44. The molecule has 1 fully saturated rings. The molecule has 1 saturated heterocycles. The number of carbonyl (C=O) groups excluding carboxylic acids is 1. The number of amides is 1. The van der Waals surface area contributed by atoms with E-state index in [-0.39, 0.29) is 11.9 Å². The van der Waals surface area contributed by atoms with Crippen LogP contribution >= 0.6 is 11.8 Å². The van der Waals surface area contributed by atoms with Crippen molar-refractivity contribution in [3.8, 4) is 0 Å². The molecule has 1 aliphatic heterocycles. The van der Waals surface area contributed by atoms with Crippen LogP contribution in [-0.2, 0) is 9.59 Å². The molecule has 3 N–H and O–H groups in total. The van der Waals surface area contributed by atoms with Crippen LogP contribution in [0.25, 0.3) is 0 Å². The maximum absolute atomic E-state index is 11.4. The van der Waals surface area contributed by atoms with Crippen molar-refractivity contribution in [2.75, 3.05) is 18.1 Å². The molecule has 86 valence electrons. The molecule has 0 aromatic rings. The fourth-order valence-corrected chi connectivity index (χ4v) is 2.29. The van der Waals surface area contributed by atoms with Crippen LogP contribution in [0.15, 0.2) is 0 Å². The minimum Gasteiger partial charge on any atom is -0.480 e. The van der Waals surface area contributed by atoms with Gasteiger partial charge in [-0.05, 0) is 6.92 Å². The van der Waals surface area contributed by atoms with Gasteiger partial charge in [0.15, 0.2) is 0 Å². The molecule has 0 aromatic heterocycles. The van der Waals surface area contributed by atoms with Gasteiger partial charge in [-0.3, -0.25) is 9.59 Å². The first-order chi connectivity index (χ1) is 7.09. The van der Waals surface area contributed by atoms with E-state index in [1.54, 1.807) is 0 Å². The van der Waals surface area contributed by atoms with Crippen LogP contribution in [0, 0.1) is 0 Å². The van der Waals surface area contributed by atoms with Gasteiger partial charge < -0.3 is 15.7 Å². The van der Waals surface area contributed by atoms with E-state index in [9.17, 15) is 9.59 Å². The Kier molecular flexibility index (Phi) is 4.90. The second kappa shape index (κ2) is 5.97. The van der Waals surface area contributed by atoms with Crippen LogP contribution in [0.5, 0.6) is 0 Å². The van der Waals surface area contributed by atoms with Crippen LogP contribution in [0.3, 0.4) is 0 Å². The summed E-state index contributed by atoms with van der Waals surface area (Å²) in [7, 11) is 0. The first-order valence-corrected chi connectivity index (χ1v) is 6.08. The normalized spacial score (nSPS) is 23.1. The Balaban J connectivity index is 2.25. The second-order valence-corrected chi connectivity index (χ2v) is 4.71. The quantitative estimate of drug-likeness (QED) is 0.618. The number of aliphatic carboxylic acids is 1. The summed E-state index contributed by atoms with van der Waals surface area (Å²) in [4.78, 5) is 21.9. The lowest BCUT2D eigenvalue weighted by molar-refractivity contribution is -0.141. The Morgan fingerprint density at radius 1 is 1.67 bits per heavy atom. The molecule has 5 nitrogen and oxygen atoms in total. The van der Waals surface area contributed by atoms with Crippen molar-refractivity contribution in [2.45, 2.75) is 25.4 Å². The number of thioether (sulfide) groups is 1. The van der Waals surface area contributed by atoms with Crippen LogP contribution in [0.4, 0.5) is 0 Å². The zero-order valence-electron chi connectivity index (χ0n) is 8.66. The number of carbonyl (C=O) groups is 2. The van der Waals surface area contributed by atoms with Crippen LogP contribution in [0.1, 0.15) is 13.3 Å². The number of rotatable bonds is 4. The molecule has 15 heavy (non-hydrogen) atoms. The van der Waals surface area contributed by atoms with Gasteiger partial charge in [0, 0.05) is 30.5 Å². The highest BCUT2D eigenvalue weighted by atomic mass is 32.2. The first-order valence-electron chi connectivity index (χ1n) is 4.93. The topological polar surface area (TPSA) is 78.4 Å². The largest absolute Gasteiger partial charge is 0.480 e. The summed E-state index contributed by atoms with van der Waals surface area (Å²) in [5, 5.41) is 14.3. The van der Waals surface area contributed by atoms with E-state index in [1.165, 1.54) is 6.92 Å². The first kappa shape index (κ1) is 12.3. The van der Waals surface area contributed by atoms with Crippen molar-refractivity contribution in [2.24, 2.45) is 0 Å². The Bertz CT molecular complexity index is 242. The molecule has 0 saturated carbocycles. The number of carboxylic acid groups (broad SMARTS) is 1. The monoisotopic (exact) mass is 232 g/mol. The molecule has 0 bridgehead atoms. The minimum absolute atomic E-state index is 0.171. The van der Waals surface area contributed by atoms with E-state index >= 15 is 0 Å². The van der Waals surface area contributed by atoms with Gasteiger partial charge >= 0.3 is 5.97 Å². The van der Waals surface area contributed by atoms with Gasteiger partial charge in [0.1, 0.15) is 6.04 Å². The Morgan fingerprint density at radius 2 is 2.40 bits per heavy atom. The molecule has 1 heterocycles. The lowest BCUT2D eigenvalue weighted by Gasteiger charge is -2.22.